The molecular weight excluding hydrogens is 360 g/mol. The van der Waals surface area contributed by atoms with E-state index in [1.165, 1.54) is 0 Å². The van der Waals surface area contributed by atoms with Crippen molar-refractivity contribution in [2.45, 2.75) is 25.8 Å². The van der Waals surface area contributed by atoms with E-state index < -0.39 is 5.97 Å². The van der Waals surface area contributed by atoms with Crippen molar-refractivity contribution in [3.8, 4) is 5.75 Å². The molecule has 2 aromatic rings. The SMILES string of the molecule is O=C(O)CCCNC(=O)c1ccc(CNC(=O)CCOc2ccccc2)cc1. The Morgan fingerprint density at radius 1 is 0.893 bits per heavy atom. The molecule has 0 fully saturated rings. The Morgan fingerprint density at radius 2 is 1.61 bits per heavy atom. The number of para-hydroxylation sites is 1. The van der Waals surface area contributed by atoms with Crippen molar-refractivity contribution in [1.82, 2.24) is 10.6 Å². The van der Waals surface area contributed by atoms with Crippen molar-refractivity contribution in [2.75, 3.05) is 13.2 Å². The van der Waals surface area contributed by atoms with Crippen LogP contribution >= 0.6 is 0 Å². The average Bonchev–Trinajstić information content (AvgIpc) is 2.70. The third kappa shape index (κ3) is 7.90. The number of carbonyl (C=O) groups is 3. The number of hydrogen-bond donors (Lipinski definition) is 3. The fraction of sp³-hybridized carbons (Fsp3) is 0.286. The van der Waals surface area contributed by atoms with Gasteiger partial charge in [0.05, 0.1) is 13.0 Å². The summed E-state index contributed by atoms with van der Waals surface area (Å²) in [5.74, 6) is -0.519. The normalized spacial score (nSPS) is 10.1. The molecule has 0 radical (unpaired) electrons. The second kappa shape index (κ2) is 11.4. The van der Waals surface area contributed by atoms with Gasteiger partial charge in [0.1, 0.15) is 5.75 Å². The van der Waals surface area contributed by atoms with Gasteiger partial charge in [0, 0.05) is 25.1 Å². The molecule has 0 aliphatic rings. The highest BCUT2D eigenvalue weighted by molar-refractivity contribution is 5.94. The zero-order valence-corrected chi connectivity index (χ0v) is 15.5. The Morgan fingerprint density at radius 3 is 2.29 bits per heavy atom. The van der Waals surface area contributed by atoms with Crippen LogP contribution in [-0.4, -0.2) is 36.0 Å². The minimum absolute atomic E-state index is 0.0231. The van der Waals surface area contributed by atoms with Crippen molar-refractivity contribution in [3.05, 3.63) is 65.7 Å². The molecule has 0 bridgehead atoms. The van der Waals surface area contributed by atoms with Gasteiger partial charge in [0.2, 0.25) is 5.91 Å². The number of nitrogens with one attached hydrogen (secondary N) is 2. The van der Waals surface area contributed by atoms with Crippen LogP contribution in [0.3, 0.4) is 0 Å². The first-order valence-electron chi connectivity index (χ1n) is 9.08. The van der Waals surface area contributed by atoms with E-state index in [1.54, 1.807) is 24.3 Å². The highest BCUT2D eigenvalue weighted by Gasteiger charge is 2.06. The molecule has 148 valence electrons. The summed E-state index contributed by atoms with van der Waals surface area (Å²) in [5, 5.41) is 14.1. The standard InChI is InChI=1S/C21H24N2O5/c24-19(12-14-28-18-5-2-1-3-6-18)23-15-16-8-10-17(11-9-16)21(27)22-13-4-7-20(25)26/h1-3,5-6,8-11H,4,7,12-15H2,(H,22,27)(H,23,24)(H,25,26). The van der Waals surface area contributed by atoms with Gasteiger partial charge in [-0.05, 0) is 36.2 Å². The smallest absolute Gasteiger partial charge is 0.303 e. The van der Waals surface area contributed by atoms with E-state index in [1.807, 2.05) is 30.3 Å². The third-order valence-corrected chi connectivity index (χ3v) is 3.90. The van der Waals surface area contributed by atoms with Gasteiger partial charge in [0.25, 0.3) is 5.91 Å². The van der Waals surface area contributed by atoms with E-state index in [9.17, 15) is 14.4 Å². The maximum Gasteiger partial charge on any atom is 0.303 e. The number of aliphatic carboxylic acids is 1. The summed E-state index contributed by atoms with van der Waals surface area (Å²) in [6, 6.07) is 16.2. The van der Waals surface area contributed by atoms with Crippen molar-refractivity contribution < 1.29 is 24.2 Å². The van der Waals surface area contributed by atoms with Crippen LogP contribution in [0.1, 0.15) is 35.2 Å². The Labute approximate surface area is 163 Å². The fourth-order valence-electron chi connectivity index (χ4n) is 2.38. The van der Waals surface area contributed by atoms with Crippen molar-refractivity contribution in [3.63, 3.8) is 0 Å². The van der Waals surface area contributed by atoms with Gasteiger partial charge in [-0.15, -0.1) is 0 Å². The molecule has 0 aliphatic carbocycles. The predicted molar refractivity (Wildman–Crippen MR) is 104 cm³/mol. The Bertz CT molecular complexity index is 775. The van der Waals surface area contributed by atoms with Crippen LogP contribution in [0.25, 0.3) is 0 Å². The lowest BCUT2D eigenvalue weighted by atomic mass is 10.1. The zero-order chi connectivity index (χ0) is 20.2. The van der Waals surface area contributed by atoms with Crippen molar-refractivity contribution >= 4 is 17.8 Å². The van der Waals surface area contributed by atoms with E-state index in [0.717, 1.165) is 11.3 Å². The third-order valence-electron chi connectivity index (χ3n) is 3.90. The average molecular weight is 384 g/mol. The van der Waals surface area contributed by atoms with Crippen molar-refractivity contribution in [1.29, 1.82) is 0 Å². The lowest BCUT2D eigenvalue weighted by molar-refractivity contribution is -0.137. The molecule has 28 heavy (non-hydrogen) atoms. The molecular formula is C21H24N2O5. The number of ether oxygens (including phenoxy) is 1. The second-order valence-corrected chi connectivity index (χ2v) is 6.14. The lowest BCUT2D eigenvalue weighted by Gasteiger charge is -2.08. The molecule has 7 nitrogen and oxygen atoms in total. The van der Waals surface area contributed by atoms with Gasteiger partial charge in [-0.1, -0.05) is 30.3 Å². The Balaban J connectivity index is 1.66. The number of carbonyl (C=O) groups excluding carboxylic acids is 2. The molecule has 7 heteroatoms. The topological polar surface area (TPSA) is 105 Å². The first kappa shape index (κ1) is 21.0. The highest BCUT2D eigenvalue weighted by Crippen LogP contribution is 2.08. The zero-order valence-electron chi connectivity index (χ0n) is 15.5. The molecule has 0 aromatic heterocycles. The number of carboxylic acids is 1. The molecule has 0 atom stereocenters. The summed E-state index contributed by atoms with van der Waals surface area (Å²) >= 11 is 0. The van der Waals surface area contributed by atoms with Gasteiger partial charge in [0.15, 0.2) is 0 Å². The highest BCUT2D eigenvalue weighted by atomic mass is 16.5. The summed E-state index contributed by atoms with van der Waals surface area (Å²) < 4.78 is 5.49. The summed E-state index contributed by atoms with van der Waals surface area (Å²) in [6.45, 7) is 0.982. The summed E-state index contributed by atoms with van der Waals surface area (Å²) in [6.07, 6.45) is 0.667. The predicted octanol–water partition coefficient (Wildman–Crippen LogP) is 2.37. The summed E-state index contributed by atoms with van der Waals surface area (Å²) in [4.78, 5) is 34.3. The van der Waals surface area contributed by atoms with E-state index in [-0.39, 0.29) is 24.7 Å². The number of rotatable bonds is 11. The van der Waals surface area contributed by atoms with Gasteiger partial charge < -0.3 is 20.5 Å². The van der Waals surface area contributed by atoms with Gasteiger partial charge in [-0.3, -0.25) is 14.4 Å². The van der Waals surface area contributed by atoms with Crippen LogP contribution in [0, 0.1) is 0 Å². The van der Waals surface area contributed by atoms with Crippen LogP contribution in [0.4, 0.5) is 0 Å². The fourth-order valence-corrected chi connectivity index (χ4v) is 2.38. The molecule has 0 heterocycles. The van der Waals surface area contributed by atoms with E-state index >= 15 is 0 Å². The molecule has 2 rings (SSSR count). The molecule has 0 saturated heterocycles. The van der Waals surface area contributed by atoms with Crippen LogP contribution < -0.4 is 15.4 Å². The van der Waals surface area contributed by atoms with Gasteiger partial charge in [-0.25, -0.2) is 0 Å². The van der Waals surface area contributed by atoms with E-state index in [4.69, 9.17) is 9.84 Å². The number of amides is 2. The molecule has 2 amide bonds. The minimum atomic E-state index is -0.882. The minimum Gasteiger partial charge on any atom is -0.493 e. The van der Waals surface area contributed by atoms with Crippen LogP contribution in [-0.2, 0) is 16.1 Å². The van der Waals surface area contributed by atoms with E-state index in [2.05, 4.69) is 10.6 Å². The molecule has 0 aliphatic heterocycles. The maximum atomic E-state index is 12.0. The largest absolute Gasteiger partial charge is 0.493 e. The van der Waals surface area contributed by atoms with Gasteiger partial charge >= 0.3 is 5.97 Å². The second-order valence-electron chi connectivity index (χ2n) is 6.14. The number of benzene rings is 2. The lowest BCUT2D eigenvalue weighted by Crippen LogP contribution is -2.25. The van der Waals surface area contributed by atoms with Crippen LogP contribution in [0.5, 0.6) is 5.75 Å². The van der Waals surface area contributed by atoms with Crippen molar-refractivity contribution in [2.24, 2.45) is 0 Å². The monoisotopic (exact) mass is 384 g/mol. The molecule has 0 saturated carbocycles. The van der Waals surface area contributed by atoms with Gasteiger partial charge in [-0.2, -0.15) is 0 Å². The molecule has 3 N–H and O–H groups in total. The Hall–Kier alpha value is -3.35. The summed E-state index contributed by atoms with van der Waals surface area (Å²) in [5.41, 5.74) is 1.36. The maximum absolute atomic E-state index is 12.0. The van der Waals surface area contributed by atoms with Crippen LogP contribution in [0.15, 0.2) is 54.6 Å². The Kier molecular flexibility index (Phi) is 8.52. The van der Waals surface area contributed by atoms with Crippen LogP contribution in [0.2, 0.25) is 0 Å². The van der Waals surface area contributed by atoms with E-state index in [0.29, 0.717) is 31.7 Å². The summed E-state index contributed by atoms with van der Waals surface area (Å²) in [7, 11) is 0. The molecule has 2 aromatic carbocycles. The first-order valence-corrected chi connectivity index (χ1v) is 9.08. The molecule has 0 spiro atoms. The number of carboxylic acid groups (broad SMARTS) is 1. The molecule has 0 unspecified atom stereocenters. The quantitative estimate of drug-likeness (QED) is 0.516. The first-order chi connectivity index (χ1) is 13.5. The number of hydrogen-bond acceptors (Lipinski definition) is 4.